The van der Waals surface area contributed by atoms with Gasteiger partial charge in [0, 0.05) is 12.0 Å². The summed E-state index contributed by atoms with van der Waals surface area (Å²) in [7, 11) is -3.77. The van der Waals surface area contributed by atoms with Crippen LogP contribution < -0.4 is 4.90 Å². The number of halogens is 1. The summed E-state index contributed by atoms with van der Waals surface area (Å²) in [6, 6.07) is 4.13. The van der Waals surface area contributed by atoms with Crippen molar-refractivity contribution in [3.8, 4) is 0 Å². The summed E-state index contributed by atoms with van der Waals surface area (Å²) in [5.41, 5.74) is 0.427. The number of hydrogen-bond donors (Lipinski definition) is 0. The minimum Gasteiger partial charge on any atom is -0.308 e. The van der Waals surface area contributed by atoms with Crippen LogP contribution in [-0.2, 0) is 14.6 Å². The molecule has 0 saturated carbocycles. The van der Waals surface area contributed by atoms with E-state index in [1.54, 1.807) is 6.92 Å². The third-order valence-corrected chi connectivity index (χ3v) is 4.78. The van der Waals surface area contributed by atoms with Crippen molar-refractivity contribution in [3.63, 3.8) is 0 Å². The summed E-state index contributed by atoms with van der Waals surface area (Å²) in [5, 5.41) is 0. The zero-order valence-electron chi connectivity index (χ0n) is 10.9. The maximum Gasteiger partial charge on any atom is 0.242 e. The number of carbonyl (C=O) groups is 2. The van der Waals surface area contributed by atoms with Crippen molar-refractivity contribution in [2.24, 2.45) is 0 Å². The number of hydrogen-bond acceptors (Lipinski definition) is 4. The molecule has 7 heteroatoms. The summed E-state index contributed by atoms with van der Waals surface area (Å²) < 4.78 is 36.6. The molecule has 0 aliphatic carbocycles. The van der Waals surface area contributed by atoms with Crippen LogP contribution in [0.15, 0.2) is 23.1 Å². The number of alkyl halides is 1. The number of Topliss-reactive ketones (excluding diaryl/α,β-unsaturated/α-hetero) is 1. The number of amides is 1. The Morgan fingerprint density at radius 1 is 1.40 bits per heavy atom. The third-order valence-electron chi connectivity index (χ3n) is 3.15. The highest BCUT2D eigenvalue weighted by molar-refractivity contribution is 7.92. The second-order valence-electron chi connectivity index (χ2n) is 4.45. The van der Waals surface area contributed by atoms with E-state index in [0.29, 0.717) is 0 Å². The Morgan fingerprint density at radius 3 is 2.70 bits per heavy atom. The van der Waals surface area contributed by atoms with Gasteiger partial charge < -0.3 is 4.90 Å². The van der Waals surface area contributed by atoms with Gasteiger partial charge in [0.25, 0.3) is 0 Å². The molecule has 2 rings (SSSR count). The van der Waals surface area contributed by atoms with Gasteiger partial charge in [-0.1, -0.05) is 6.92 Å². The Bertz CT molecular complexity index is 669. The molecule has 0 unspecified atom stereocenters. The lowest BCUT2D eigenvalue weighted by molar-refractivity contribution is -0.116. The second-order valence-corrected chi connectivity index (χ2v) is 6.41. The Hall–Kier alpha value is -1.76. The summed E-state index contributed by atoms with van der Waals surface area (Å²) >= 11 is 0. The zero-order valence-corrected chi connectivity index (χ0v) is 11.7. The average molecular weight is 299 g/mol. The number of carbonyl (C=O) groups excluding carboxylic acids is 2. The highest BCUT2D eigenvalue weighted by Crippen LogP contribution is 2.32. The summed E-state index contributed by atoms with van der Waals surface area (Å²) in [6.07, 6.45) is 0.256. The van der Waals surface area contributed by atoms with Gasteiger partial charge in [0.2, 0.25) is 5.91 Å². The van der Waals surface area contributed by atoms with Gasteiger partial charge in [0.15, 0.2) is 15.6 Å². The maximum atomic E-state index is 12.5. The van der Waals surface area contributed by atoms with Crippen LogP contribution in [0.5, 0.6) is 0 Å². The van der Waals surface area contributed by atoms with Crippen molar-refractivity contribution < 1.29 is 22.4 Å². The fourth-order valence-corrected chi connectivity index (χ4v) is 3.59. The first kappa shape index (κ1) is 14.6. The molecule has 0 atom stereocenters. The molecule has 1 aliphatic rings. The van der Waals surface area contributed by atoms with Crippen molar-refractivity contribution in [1.29, 1.82) is 0 Å². The molecule has 20 heavy (non-hydrogen) atoms. The van der Waals surface area contributed by atoms with Crippen molar-refractivity contribution in [1.82, 2.24) is 0 Å². The van der Waals surface area contributed by atoms with Crippen molar-refractivity contribution >= 4 is 27.2 Å². The van der Waals surface area contributed by atoms with E-state index in [2.05, 4.69) is 0 Å². The standard InChI is InChI=1S/C13H14FNO4S/c1-2-11(16)9-3-4-10-12(7-9)20(18,19)8-13(17)15(10)6-5-14/h3-4,7H,2,5-6,8H2,1H3. The number of ketones is 1. The van der Waals surface area contributed by atoms with Gasteiger partial charge in [-0.15, -0.1) is 0 Å². The highest BCUT2D eigenvalue weighted by Gasteiger charge is 2.34. The third kappa shape index (κ3) is 2.45. The van der Waals surface area contributed by atoms with Crippen LogP contribution in [0.4, 0.5) is 10.1 Å². The van der Waals surface area contributed by atoms with Gasteiger partial charge in [-0.3, -0.25) is 9.59 Å². The lowest BCUT2D eigenvalue weighted by Crippen LogP contribution is -2.42. The fourth-order valence-electron chi connectivity index (χ4n) is 2.15. The molecule has 1 aromatic carbocycles. The number of sulfone groups is 1. The fraction of sp³-hybridized carbons (Fsp3) is 0.385. The van der Waals surface area contributed by atoms with Gasteiger partial charge in [-0.25, -0.2) is 12.8 Å². The molecule has 1 amide bonds. The Balaban J connectivity index is 2.60. The zero-order chi connectivity index (χ0) is 14.9. The van der Waals surface area contributed by atoms with E-state index in [1.165, 1.54) is 18.2 Å². The van der Waals surface area contributed by atoms with E-state index in [1.807, 2.05) is 0 Å². The number of nitrogens with zero attached hydrogens (tertiary/aromatic N) is 1. The first-order chi connectivity index (χ1) is 9.40. The largest absolute Gasteiger partial charge is 0.308 e. The molecule has 108 valence electrons. The SMILES string of the molecule is CCC(=O)c1ccc2c(c1)S(=O)(=O)CC(=O)N2CCF. The minimum absolute atomic E-state index is 0.0788. The van der Waals surface area contributed by atoms with Crippen LogP contribution in [0.3, 0.4) is 0 Å². The molecule has 0 bridgehead atoms. The van der Waals surface area contributed by atoms with E-state index < -0.39 is 28.2 Å². The van der Waals surface area contributed by atoms with Crippen LogP contribution in [0.1, 0.15) is 23.7 Å². The Kier molecular flexibility index (Phi) is 3.89. The normalized spacial score (nSPS) is 16.9. The molecule has 1 heterocycles. The highest BCUT2D eigenvalue weighted by atomic mass is 32.2. The van der Waals surface area contributed by atoms with Crippen LogP contribution in [0.2, 0.25) is 0 Å². The molecule has 0 radical (unpaired) electrons. The molecule has 0 saturated heterocycles. The van der Waals surface area contributed by atoms with E-state index in [4.69, 9.17) is 0 Å². The van der Waals surface area contributed by atoms with E-state index in [-0.39, 0.29) is 34.9 Å². The molecule has 1 aliphatic heterocycles. The second kappa shape index (κ2) is 5.32. The van der Waals surface area contributed by atoms with Crippen LogP contribution in [-0.4, -0.2) is 39.1 Å². The molecule has 1 aromatic rings. The monoisotopic (exact) mass is 299 g/mol. The van der Waals surface area contributed by atoms with Crippen LogP contribution >= 0.6 is 0 Å². The first-order valence-electron chi connectivity index (χ1n) is 6.17. The predicted octanol–water partition coefficient (Wildman–Crippen LogP) is 1.37. The molecule has 5 nitrogen and oxygen atoms in total. The van der Waals surface area contributed by atoms with Crippen molar-refractivity contribution in [2.45, 2.75) is 18.2 Å². The minimum atomic E-state index is -3.77. The quantitative estimate of drug-likeness (QED) is 0.787. The molecular weight excluding hydrogens is 285 g/mol. The van der Waals surface area contributed by atoms with Gasteiger partial charge >= 0.3 is 0 Å². The lowest BCUT2D eigenvalue weighted by atomic mass is 10.1. The smallest absolute Gasteiger partial charge is 0.242 e. The molecular formula is C13H14FNO4S. The predicted molar refractivity (Wildman–Crippen MR) is 71.4 cm³/mol. The van der Waals surface area contributed by atoms with E-state index in [9.17, 15) is 22.4 Å². The van der Waals surface area contributed by atoms with E-state index in [0.717, 1.165) is 4.90 Å². The Morgan fingerprint density at radius 2 is 2.10 bits per heavy atom. The average Bonchev–Trinajstić information content (AvgIpc) is 2.41. The van der Waals surface area contributed by atoms with Crippen LogP contribution in [0.25, 0.3) is 0 Å². The maximum absolute atomic E-state index is 12.5. The van der Waals surface area contributed by atoms with Crippen LogP contribution in [0, 0.1) is 0 Å². The number of benzene rings is 1. The molecule has 0 spiro atoms. The Labute approximate surface area is 116 Å². The first-order valence-corrected chi connectivity index (χ1v) is 7.82. The summed E-state index contributed by atoms with van der Waals surface area (Å²) in [6.45, 7) is 0.721. The lowest BCUT2D eigenvalue weighted by Gasteiger charge is -2.28. The number of fused-ring (bicyclic) bond motifs is 1. The molecule has 0 aromatic heterocycles. The molecule has 0 N–H and O–H groups in total. The van der Waals surface area contributed by atoms with Gasteiger partial charge in [-0.05, 0) is 18.2 Å². The van der Waals surface area contributed by atoms with Gasteiger partial charge in [0.05, 0.1) is 17.1 Å². The summed E-state index contributed by atoms with van der Waals surface area (Å²) in [4.78, 5) is 24.4. The topological polar surface area (TPSA) is 71.5 Å². The summed E-state index contributed by atoms with van der Waals surface area (Å²) in [5.74, 6) is -1.52. The number of rotatable bonds is 4. The number of anilines is 1. The van der Waals surface area contributed by atoms with Crippen molar-refractivity contribution in [3.05, 3.63) is 23.8 Å². The van der Waals surface area contributed by atoms with Crippen molar-refractivity contribution in [2.75, 3.05) is 23.9 Å². The van der Waals surface area contributed by atoms with Gasteiger partial charge in [-0.2, -0.15) is 0 Å². The van der Waals surface area contributed by atoms with E-state index >= 15 is 0 Å². The van der Waals surface area contributed by atoms with Gasteiger partial charge in [0.1, 0.15) is 12.4 Å². The molecule has 0 fully saturated rings.